The van der Waals surface area contributed by atoms with Crippen molar-refractivity contribution in [3.63, 3.8) is 0 Å². The van der Waals surface area contributed by atoms with Crippen molar-refractivity contribution in [3.05, 3.63) is 68.9 Å². The van der Waals surface area contributed by atoms with Crippen LogP contribution < -0.4 is 0 Å². The molecular formula is C16H2F10S2. The summed E-state index contributed by atoms with van der Waals surface area (Å²) in [5.74, 6) is -22.7. The Morgan fingerprint density at radius 1 is 0.500 bits per heavy atom. The number of thiophene rings is 1. The van der Waals surface area contributed by atoms with Gasteiger partial charge in [-0.25, -0.2) is 43.9 Å². The quantitative estimate of drug-likeness (QED) is 0.237. The minimum atomic E-state index is -2.41. The molecule has 0 N–H and O–H groups in total. The number of hydrogen-bond acceptors (Lipinski definition) is 2. The predicted molar refractivity (Wildman–Crippen MR) is 79.9 cm³/mol. The smallest absolute Gasteiger partial charge is 0.200 e. The van der Waals surface area contributed by atoms with Gasteiger partial charge < -0.3 is 0 Å². The fourth-order valence-corrected chi connectivity index (χ4v) is 4.15. The highest BCUT2D eigenvalue weighted by molar-refractivity contribution is 7.99. The lowest BCUT2D eigenvalue weighted by Gasteiger charge is -2.11. The zero-order valence-electron chi connectivity index (χ0n) is 12.8. The zero-order valence-corrected chi connectivity index (χ0v) is 14.4. The summed E-state index contributed by atoms with van der Waals surface area (Å²) in [5, 5.41) is 1.88. The molecule has 1 heterocycles. The summed E-state index contributed by atoms with van der Waals surface area (Å²) < 4.78 is 135. The van der Waals surface area contributed by atoms with Crippen LogP contribution in [0.15, 0.2) is 20.6 Å². The van der Waals surface area contributed by atoms with Crippen molar-refractivity contribution in [1.82, 2.24) is 0 Å². The van der Waals surface area contributed by atoms with E-state index in [9.17, 15) is 43.9 Å². The van der Waals surface area contributed by atoms with Gasteiger partial charge >= 0.3 is 0 Å². The lowest BCUT2D eigenvalue weighted by Crippen LogP contribution is -2.05. The van der Waals surface area contributed by atoms with E-state index in [1.165, 1.54) is 0 Å². The average molecular weight is 448 g/mol. The molecule has 3 aromatic rings. The first-order valence-corrected chi connectivity index (χ1v) is 8.61. The van der Waals surface area contributed by atoms with Gasteiger partial charge in [0.2, 0.25) is 11.6 Å². The molecule has 0 aliphatic rings. The van der Waals surface area contributed by atoms with Crippen LogP contribution >= 0.6 is 23.1 Å². The monoisotopic (exact) mass is 448 g/mol. The Hall–Kier alpha value is -2.21. The summed E-state index contributed by atoms with van der Waals surface area (Å²) in [7, 11) is 0. The molecule has 0 radical (unpaired) electrons. The van der Waals surface area contributed by atoms with Crippen molar-refractivity contribution in [1.29, 1.82) is 0 Å². The second-order valence-corrected chi connectivity index (χ2v) is 6.89. The first-order chi connectivity index (χ1) is 13.1. The lowest BCUT2D eigenvalue weighted by molar-refractivity contribution is 0.361. The van der Waals surface area contributed by atoms with Crippen molar-refractivity contribution in [2.75, 3.05) is 0 Å². The predicted octanol–water partition coefficient (Wildman–Crippen LogP) is 6.96. The van der Waals surface area contributed by atoms with Gasteiger partial charge in [0.15, 0.2) is 46.5 Å². The molecule has 0 bridgehead atoms. The molecule has 0 amide bonds. The van der Waals surface area contributed by atoms with Crippen LogP contribution in [0.25, 0.3) is 11.1 Å². The van der Waals surface area contributed by atoms with Crippen LogP contribution in [0.2, 0.25) is 0 Å². The Balaban J connectivity index is 2.20. The SMILES string of the molecule is Fc1c(F)c(F)c(Sc2cscc2-c2c(F)c(F)c(F)c(F)c2F)c(F)c1F. The Labute approximate surface area is 157 Å². The lowest BCUT2D eigenvalue weighted by atomic mass is 10.1. The summed E-state index contributed by atoms with van der Waals surface area (Å²) in [4.78, 5) is -1.89. The molecule has 1 aromatic heterocycles. The van der Waals surface area contributed by atoms with Gasteiger partial charge in [0.25, 0.3) is 0 Å². The maximum Gasteiger partial charge on any atom is 0.200 e. The van der Waals surface area contributed by atoms with E-state index in [0.29, 0.717) is 11.3 Å². The van der Waals surface area contributed by atoms with E-state index in [4.69, 9.17) is 0 Å². The number of hydrogen-bond donors (Lipinski definition) is 0. The minimum Gasteiger partial charge on any atom is -0.203 e. The second-order valence-electron chi connectivity index (χ2n) is 5.10. The van der Waals surface area contributed by atoms with Gasteiger partial charge in [-0.05, 0) is 5.38 Å². The average Bonchev–Trinajstić information content (AvgIpc) is 3.13. The highest BCUT2D eigenvalue weighted by atomic mass is 32.2. The Morgan fingerprint density at radius 3 is 1.36 bits per heavy atom. The number of benzene rings is 2. The van der Waals surface area contributed by atoms with Gasteiger partial charge in [0, 0.05) is 15.8 Å². The van der Waals surface area contributed by atoms with Crippen molar-refractivity contribution >= 4 is 23.1 Å². The highest BCUT2D eigenvalue weighted by Crippen LogP contribution is 2.44. The number of halogens is 10. The molecule has 0 fully saturated rings. The minimum absolute atomic E-state index is 0.119. The Morgan fingerprint density at radius 2 is 0.893 bits per heavy atom. The maximum absolute atomic E-state index is 14.0. The van der Waals surface area contributed by atoms with Crippen LogP contribution in [-0.4, -0.2) is 0 Å². The molecule has 148 valence electrons. The molecule has 0 aliphatic carbocycles. The molecule has 0 unspecified atom stereocenters. The van der Waals surface area contributed by atoms with E-state index in [2.05, 4.69) is 0 Å². The molecule has 28 heavy (non-hydrogen) atoms. The van der Waals surface area contributed by atoms with Crippen LogP contribution in [0.1, 0.15) is 0 Å². The summed E-state index contributed by atoms with van der Waals surface area (Å²) in [5.41, 5.74) is -2.07. The first kappa shape index (κ1) is 20.5. The standard InChI is InChI=1S/C16H2F10S2/c17-6-5(7(18)9(20)10(21)8(6)19)3-1-27-2-4(3)28-16-14(25)12(23)11(22)13(24)15(16)26/h1-2H. The zero-order chi connectivity index (χ0) is 20.9. The second kappa shape index (κ2) is 7.32. The normalized spacial score (nSPS) is 11.4. The van der Waals surface area contributed by atoms with E-state index < -0.39 is 79.1 Å². The van der Waals surface area contributed by atoms with Gasteiger partial charge in [-0.2, -0.15) is 11.3 Å². The van der Waals surface area contributed by atoms with E-state index in [-0.39, 0.29) is 11.8 Å². The third kappa shape index (κ3) is 3.04. The van der Waals surface area contributed by atoms with E-state index in [1.54, 1.807) is 0 Å². The molecule has 3 rings (SSSR count). The molecule has 2 aromatic carbocycles. The van der Waals surface area contributed by atoms with Crippen LogP contribution in [0, 0.1) is 58.2 Å². The topological polar surface area (TPSA) is 0 Å². The van der Waals surface area contributed by atoms with Gasteiger partial charge in [-0.3, -0.25) is 0 Å². The Kier molecular flexibility index (Phi) is 5.36. The van der Waals surface area contributed by atoms with Crippen LogP contribution in [-0.2, 0) is 0 Å². The summed E-state index contributed by atoms with van der Waals surface area (Å²) in [6, 6.07) is 0. The molecule has 0 aliphatic heterocycles. The van der Waals surface area contributed by atoms with E-state index in [1.807, 2.05) is 0 Å². The van der Waals surface area contributed by atoms with Crippen LogP contribution in [0.3, 0.4) is 0 Å². The third-order valence-corrected chi connectivity index (χ3v) is 5.50. The van der Waals surface area contributed by atoms with Crippen molar-refractivity contribution in [3.8, 4) is 11.1 Å². The molecule has 0 spiro atoms. The van der Waals surface area contributed by atoms with Crippen LogP contribution in [0.5, 0.6) is 0 Å². The maximum atomic E-state index is 14.0. The summed E-state index contributed by atoms with van der Waals surface area (Å²) >= 11 is 0.519. The molecule has 12 heteroatoms. The molecular weight excluding hydrogens is 446 g/mol. The number of rotatable bonds is 3. The summed E-state index contributed by atoms with van der Waals surface area (Å²) in [6.45, 7) is 0. The van der Waals surface area contributed by atoms with Gasteiger partial charge in [-0.15, -0.1) is 0 Å². The van der Waals surface area contributed by atoms with Gasteiger partial charge in [0.05, 0.1) is 10.5 Å². The van der Waals surface area contributed by atoms with E-state index >= 15 is 0 Å². The summed E-state index contributed by atoms with van der Waals surface area (Å²) in [6.07, 6.45) is 0. The fraction of sp³-hybridized carbons (Fsp3) is 0. The van der Waals surface area contributed by atoms with Crippen molar-refractivity contribution < 1.29 is 43.9 Å². The van der Waals surface area contributed by atoms with Crippen LogP contribution in [0.4, 0.5) is 43.9 Å². The molecule has 0 atom stereocenters. The third-order valence-electron chi connectivity index (χ3n) is 3.49. The van der Waals surface area contributed by atoms with Crippen molar-refractivity contribution in [2.24, 2.45) is 0 Å². The van der Waals surface area contributed by atoms with Gasteiger partial charge in [-0.1, -0.05) is 11.8 Å². The first-order valence-electron chi connectivity index (χ1n) is 6.85. The molecule has 0 saturated heterocycles. The van der Waals surface area contributed by atoms with Crippen molar-refractivity contribution in [2.45, 2.75) is 9.79 Å². The molecule has 0 saturated carbocycles. The molecule has 0 nitrogen and oxygen atoms in total. The Bertz CT molecular complexity index is 1050. The van der Waals surface area contributed by atoms with E-state index in [0.717, 1.165) is 10.8 Å². The highest BCUT2D eigenvalue weighted by Gasteiger charge is 2.30. The van der Waals surface area contributed by atoms with Gasteiger partial charge in [0.1, 0.15) is 0 Å². The fourth-order valence-electron chi connectivity index (χ4n) is 2.17. The largest absolute Gasteiger partial charge is 0.203 e.